The fraction of sp³-hybridized carbons (Fsp3) is 0.0588. The van der Waals surface area contributed by atoms with Crippen molar-refractivity contribution in [1.82, 2.24) is 10.3 Å². The molecule has 0 radical (unpaired) electrons. The van der Waals surface area contributed by atoms with Crippen molar-refractivity contribution in [2.45, 2.75) is 6.42 Å². The van der Waals surface area contributed by atoms with Gasteiger partial charge in [0, 0.05) is 23.6 Å². The molecule has 1 aromatic rings. The van der Waals surface area contributed by atoms with E-state index in [2.05, 4.69) is 60.6 Å². The van der Waals surface area contributed by atoms with Crippen LogP contribution in [0.1, 0.15) is 5.69 Å². The van der Waals surface area contributed by atoms with Gasteiger partial charge in [-0.15, -0.1) is 38.2 Å². The summed E-state index contributed by atoms with van der Waals surface area (Å²) < 4.78 is 0. The summed E-state index contributed by atoms with van der Waals surface area (Å²) in [6, 6.07) is 5.64. The summed E-state index contributed by atoms with van der Waals surface area (Å²) in [4.78, 5) is 10.4. The molecule has 0 aromatic carbocycles. The first kappa shape index (κ1) is 19.8. The smallest absolute Gasteiger partial charge is 0.510 e. The van der Waals surface area contributed by atoms with Gasteiger partial charge in [0.05, 0.1) is 0 Å². The van der Waals surface area contributed by atoms with Gasteiger partial charge < -0.3 is 15.2 Å². The number of pyridine rings is 1. The molecule has 0 aliphatic carbocycles. The van der Waals surface area contributed by atoms with E-state index in [1.165, 1.54) is 0 Å². The molecule has 1 heterocycles. The molecule has 0 bridgehead atoms. The van der Waals surface area contributed by atoms with Gasteiger partial charge in [0.1, 0.15) is 0 Å². The van der Waals surface area contributed by atoms with E-state index in [0.717, 1.165) is 5.69 Å². The Morgan fingerprint density at radius 3 is 2.64 bits per heavy atom. The van der Waals surface area contributed by atoms with Crippen molar-refractivity contribution in [1.29, 1.82) is 0 Å². The molecule has 5 heteroatoms. The third-order valence-electron chi connectivity index (χ3n) is 2.47. The third-order valence-corrected chi connectivity index (χ3v) is 2.47. The zero-order valence-electron chi connectivity index (χ0n) is 12.3. The standard InChI is InChI=1S/C17H18N4.Pt/c1-6-16(18-7-2)19-14(5)13-15-11-10-12-17(20-15)21(8-3)9-4;/h6,8,10-12H,1-5,13H2,(H,18,19);/q-2;+2. The van der Waals surface area contributed by atoms with Crippen LogP contribution in [0.5, 0.6) is 0 Å². The summed E-state index contributed by atoms with van der Waals surface area (Å²) in [5.74, 6) is 1.23. The van der Waals surface area contributed by atoms with Gasteiger partial charge in [-0.25, -0.2) is 0 Å². The van der Waals surface area contributed by atoms with Gasteiger partial charge in [0.15, 0.2) is 0 Å². The minimum absolute atomic E-state index is 0. The van der Waals surface area contributed by atoms with E-state index in [0.29, 0.717) is 23.8 Å². The average molecular weight is 473 g/mol. The molecule has 0 saturated carbocycles. The van der Waals surface area contributed by atoms with Crippen molar-refractivity contribution in [2.75, 3.05) is 4.90 Å². The quantitative estimate of drug-likeness (QED) is 0.273. The van der Waals surface area contributed by atoms with Crippen LogP contribution in [0, 0.1) is 12.4 Å². The first-order valence-corrected chi connectivity index (χ1v) is 6.22. The van der Waals surface area contributed by atoms with Gasteiger partial charge in [-0.3, -0.25) is 4.98 Å². The normalized spacial score (nSPS) is 9.91. The Balaban J connectivity index is 0.00000441. The number of nitrogens with zero attached hydrogens (tertiary/aromatic N) is 3. The molecule has 22 heavy (non-hydrogen) atoms. The van der Waals surface area contributed by atoms with Gasteiger partial charge in [-0.1, -0.05) is 18.7 Å². The number of rotatable bonds is 8. The van der Waals surface area contributed by atoms with Crippen LogP contribution in [0.3, 0.4) is 0 Å². The maximum Gasteiger partial charge on any atom is 2.00 e. The summed E-state index contributed by atoms with van der Waals surface area (Å²) in [7, 11) is 0. The number of allylic oxidation sites excluding steroid dienone is 1. The molecule has 4 nitrogen and oxygen atoms in total. The topological polar surface area (TPSA) is 40.5 Å². The summed E-state index contributed by atoms with van der Waals surface area (Å²) in [6.45, 7) is 18.3. The molecule has 0 unspecified atom stereocenters. The van der Waals surface area contributed by atoms with E-state index in [4.69, 9.17) is 0 Å². The molecule has 0 aliphatic rings. The number of anilines is 1. The zero-order valence-corrected chi connectivity index (χ0v) is 14.6. The maximum absolute atomic E-state index is 4.48. The van der Waals surface area contributed by atoms with Crippen LogP contribution in [0.15, 0.2) is 74.1 Å². The second-order valence-electron chi connectivity index (χ2n) is 3.94. The number of aromatic nitrogens is 1. The number of aliphatic imine (C=N–C) groups is 1. The van der Waals surface area contributed by atoms with Crippen molar-refractivity contribution >= 4 is 11.7 Å². The molecular formula is C17H18N4Pt. The largest absolute Gasteiger partial charge is 2.00 e. The van der Waals surface area contributed by atoms with E-state index < -0.39 is 0 Å². The molecule has 0 aliphatic heterocycles. The van der Waals surface area contributed by atoms with Crippen LogP contribution in [-0.2, 0) is 27.5 Å². The predicted octanol–water partition coefficient (Wildman–Crippen LogP) is 3.15. The monoisotopic (exact) mass is 473 g/mol. The number of hydrogen-bond acceptors (Lipinski definition) is 3. The van der Waals surface area contributed by atoms with E-state index in [-0.39, 0.29) is 21.1 Å². The van der Waals surface area contributed by atoms with E-state index in [9.17, 15) is 0 Å². The Bertz CT molecular complexity index is 582. The molecule has 0 fully saturated rings. The molecule has 116 valence electrons. The molecule has 1 aromatic heterocycles. The van der Waals surface area contributed by atoms with Crippen LogP contribution in [0.4, 0.5) is 5.82 Å². The van der Waals surface area contributed by atoms with Crippen molar-refractivity contribution in [3.8, 4) is 0 Å². The molecule has 0 amide bonds. The van der Waals surface area contributed by atoms with Crippen LogP contribution in [-0.4, -0.2) is 10.8 Å². The second-order valence-corrected chi connectivity index (χ2v) is 3.94. The van der Waals surface area contributed by atoms with Crippen LogP contribution in [0.25, 0.3) is 0 Å². The van der Waals surface area contributed by atoms with Crippen molar-refractivity contribution < 1.29 is 21.1 Å². The predicted molar refractivity (Wildman–Crippen MR) is 88.3 cm³/mol. The van der Waals surface area contributed by atoms with Crippen molar-refractivity contribution in [3.05, 3.63) is 87.2 Å². The average Bonchev–Trinajstić information content (AvgIpc) is 2.48. The first-order valence-electron chi connectivity index (χ1n) is 6.22. The van der Waals surface area contributed by atoms with Crippen LogP contribution in [0.2, 0.25) is 0 Å². The van der Waals surface area contributed by atoms with E-state index >= 15 is 0 Å². The fourth-order valence-corrected chi connectivity index (χ4v) is 1.57. The fourth-order valence-electron chi connectivity index (χ4n) is 1.57. The Morgan fingerprint density at radius 1 is 1.36 bits per heavy atom. The summed E-state index contributed by atoms with van der Waals surface area (Å²) in [6.07, 6.45) is 8.92. The minimum atomic E-state index is 0. The van der Waals surface area contributed by atoms with Gasteiger partial charge in [0.25, 0.3) is 0 Å². The van der Waals surface area contributed by atoms with Crippen LogP contribution < -0.4 is 10.2 Å². The Hall–Kier alpha value is -2.19. The molecule has 0 atom stereocenters. The first-order chi connectivity index (χ1) is 10.1. The number of hydrogen-bond donors (Lipinski definition) is 1. The maximum atomic E-state index is 4.48. The minimum Gasteiger partial charge on any atom is -0.510 e. The summed E-state index contributed by atoms with van der Waals surface area (Å²) >= 11 is 0. The summed E-state index contributed by atoms with van der Waals surface area (Å²) in [5.41, 5.74) is 1.47. The second kappa shape index (κ2) is 10.5. The van der Waals surface area contributed by atoms with Crippen molar-refractivity contribution in [2.24, 2.45) is 4.99 Å². The summed E-state index contributed by atoms with van der Waals surface area (Å²) in [5, 5.41) is 2.75. The SMILES string of the molecule is C=[C-]NC(C=C)=NC(=C)Cc1cccc(N([C-]=C)C=C)n1.[Pt+2]. The third kappa shape index (κ3) is 6.06. The van der Waals surface area contributed by atoms with Crippen molar-refractivity contribution in [3.63, 3.8) is 0 Å². The van der Waals surface area contributed by atoms with E-state index in [1.807, 2.05) is 18.2 Å². The van der Waals surface area contributed by atoms with E-state index in [1.54, 1.807) is 17.2 Å². The Kier molecular flexibility index (Phi) is 9.47. The molecule has 1 N–H and O–H groups in total. The van der Waals surface area contributed by atoms with Gasteiger partial charge in [0.2, 0.25) is 0 Å². The Labute approximate surface area is 146 Å². The molecular weight excluding hydrogens is 455 g/mol. The van der Waals surface area contributed by atoms with Gasteiger partial charge in [-0.2, -0.15) is 12.8 Å². The van der Waals surface area contributed by atoms with Gasteiger partial charge in [-0.05, 0) is 11.9 Å². The van der Waals surface area contributed by atoms with Gasteiger partial charge >= 0.3 is 21.1 Å². The number of nitrogens with one attached hydrogen (secondary N) is 1. The Morgan fingerprint density at radius 2 is 2.09 bits per heavy atom. The zero-order chi connectivity index (χ0) is 15.7. The number of amidine groups is 1. The molecule has 1 rings (SSSR count). The molecule has 0 spiro atoms. The molecule has 0 saturated heterocycles. The van der Waals surface area contributed by atoms with Crippen LogP contribution >= 0.6 is 0 Å².